The first kappa shape index (κ1) is 10.2. The molecule has 1 aromatic carbocycles. The second kappa shape index (κ2) is 4.47. The number of aliphatic hydroxyl groups excluding tert-OH is 1. The highest BCUT2D eigenvalue weighted by molar-refractivity contribution is 5.77. The molecule has 0 aliphatic heterocycles. The molecule has 2 rings (SSSR count). The van der Waals surface area contributed by atoms with E-state index < -0.39 is 0 Å². The van der Waals surface area contributed by atoms with Crippen molar-refractivity contribution in [3.8, 4) is 0 Å². The van der Waals surface area contributed by atoms with Gasteiger partial charge in [0.1, 0.15) is 5.58 Å². The van der Waals surface area contributed by atoms with Gasteiger partial charge in [0, 0.05) is 11.4 Å². The average Bonchev–Trinajstić information content (AvgIpc) is 2.73. The molecule has 1 heterocycles. The predicted molar refractivity (Wildman–Crippen MR) is 59.9 cm³/mol. The molecule has 2 N–H and O–H groups in total. The summed E-state index contributed by atoms with van der Waals surface area (Å²) >= 11 is 0. The van der Waals surface area contributed by atoms with Crippen LogP contribution in [0.15, 0.2) is 34.9 Å². The van der Waals surface area contributed by atoms with Crippen LogP contribution in [0.4, 0.5) is 0 Å². The highest BCUT2D eigenvalue weighted by Gasteiger charge is 2.06. The van der Waals surface area contributed by atoms with Crippen molar-refractivity contribution in [3.05, 3.63) is 36.1 Å². The minimum absolute atomic E-state index is 0.109. The molecular formula is C12H15NO2. The number of aliphatic hydroxyl groups is 1. The maximum absolute atomic E-state index is 9.07. The van der Waals surface area contributed by atoms with E-state index in [-0.39, 0.29) is 12.6 Å². The van der Waals surface area contributed by atoms with Crippen molar-refractivity contribution in [2.45, 2.75) is 12.5 Å². The Morgan fingerprint density at radius 3 is 3.00 bits per heavy atom. The molecule has 0 bridgehead atoms. The van der Waals surface area contributed by atoms with Gasteiger partial charge in [0.05, 0.1) is 12.9 Å². The standard InChI is InChI=1S/C12H15NO2/c1-13-11(8-14)6-9-2-3-10-4-5-15-12(10)7-9/h2-5,7,11,13-14H,6,8H2,1H3. The monoisotopic (exact) mass is 205 g/mol. The van der Waals surface area contributed by atoms with E-state index in [1.807, 2.05) is 25.2 Å². The largest absolute Gasteiger partial charge is 0.464 e. The molecule has 1 unspecified atom stereocenters. The fraction of sp³-hybridized carbons (Fsp3) is 0.333. The lowest BCUT2D eigenvalue weighted by Crippen LogP contribution is -2.31. The van der Waals surface area contributed by atoms with Gasteiger partial charge in [-0.2, -0.15) is 0 Å². The molecule has 80 valence electrons. The third-order valence-corrected chi connectivity index (χ3v) is 2.63. The Morgan fingerprint density at radius 1 is 1.40 bits per heavy atom. The van der Waals surface area contributed by atoms with Gasteiger partial charge in [-0.25, -0.2) is 0 Å². The third kappa shape index (κ3) is 2.19. The molecule has 0 radical (unpaired) electrons. The first-order valence-corrected chi connectivity index (χ1v) is 5.07. The van der Waals surface area contributed by atoms with Gasteiger partial charge in [-0.15, -0.1) is 0 Å². The van der Waals surface area contributed by atoms with E-state index in [1.165, 1.54) is 5.56 Å². The summed E-state index contributed by atoms with van der Waals surface area (Å²) in [6.45, 7) is 0.146. The zero-order chi connectivity index (χ0) is 10.7. The number of likely N-dealkylation sites (N-methyl/N-ethyl adjacent to an activating group) is 1. The van der Waals surface area contributed by atoms with Crippen molar-refractivity contribution < 1.29 is 9.52 Å². The molecule has 0 spiro atoms. The Kier molecular flexibility index (Phi) is 3.04. The maximum atomic E-state index is 9.07. The molecule has 1 aromatic heterocycles. The van der Waals surface area contributed by atoms with Gasteiger partial charge in [0.15, 0.2) is 0 Å². The van der Waals surface area contributed by atoms with Crippen molar-refractivity contribution in [3.63, 3.8) is 0 Å². The lowest BCUT2D eigenvalue weighted by Gasteiger charge is -2.12. The molecule has 1 atom stereocenters. The Hall–Kier alpha value is -1.32. The quantitative estimate of drug-likeness (QED) is 0.796. The SMILES string of the molecule is CNC(CO)Cc1ccc2ccoc2c1. The lowest BCUT2D eigenvalue weighted by molar-refractivity contribution is 0.248. The van der Waals surface area contributed by atoms with E-state index >= 15 is 0 Å². The summed E-state index contributed by atoms with van der Waals surface area (Å²) in [5, 5.41) is 13.3. The zero-order valence-corrected chi connectivity index (χ0v) is 8.73. The van der Waals surface area contributed by atoms with Gasteiger partial charge >= 0.3 is 0 Å². The summed E-state index contributed by atoms with van der Waals surface area (Å²) in [7, 11) is 1.85. The summed E-state index contributed by atoms with van der Waals surface area (Å²) < 4.78 is 5.32. The molecular weight excluding hydrogens is 190 g/mol. The van der Waals surface area contributed by atoms with E-state index in [2.05, 4.69) is 11.4 Å². The molecule has 0 saturated heterocycles. The smallest absolute Gasteiger partial charge is 0.134 e. The number of rotatable bonds is 4. The van der Waals surface area contributed by atoms with E-state index in [4.69, 9.17) is 9.52 Å². The van der Waals surface area contributed by atoms with E-state index in [1.54, 1.807) is 6.26 Å². The van der Waals surface area contributed by atoms with E-state index in [0.717, 1.165) is 17.4 Å². The zero-order valence-electron chi connectivity index (χ0n) is 8.73. The van der Waals surface area contributed by atoms with Gasteiger partial charge in [-0.05, 0) is 31.2 Å². The van der Waals surface area contributed by atoms with Crippen LogP contribution in [-0.4, -0.2) is 24.8 Å². The fourth-order valence-electron chi connectivity index (χ4n) is 1.67. The van der Waals surface area contributed by atoms with Crippen molar-refractivity contribution in [2.75, 3.05) is 13.7 Å². The maximum Gasteiger partial charge on any atom is 0.134 e. The van der Waals surface area contributed by atoms with Crippen LogP contribution < -0.4 is 5.32 Å². The number of nitrogens with one attached hydrogen (secondary N) is 1. The van der Waals surface area contributed by atoms with E-state index in [9.17, 15) is 0 Å². The van der Waals surface area contributed by atoms with Crippen molar-refractivity contribution >= 4 is 11.0 Å². The molecule has 15 heavy (non-hydrogen) atoms. The van der Waals surface area contributed by atoms with Crippen molar-refractivity contribution in [2.24, 2.45) is 0 Å². The minimum Gasteiger partial charge on any atom is -0.464 e. The average molecular weight is 205 g/mol. The van der Waals surface area contributed by atoms with E-state index in [0.29, 0.717) is 0 Å². The topological polar surface area (TPSA) is 45.4 Å². The number of hydrogen-bond acceptors (Lipinski definition) is 3. The van der Waals surface area contributed by atoms with Gasteiger partial charge in [-0.1, -0.05) is 12.1 Å². The van der Waals surface area contributed by atoms with Gasteiger partial charge < -0.3 is 14.8 Å². The molecule has 0 aliphatic rings. The number of furan rings is 1. The Morgan fingerprint density at radius 2 is 2.27 bits per heavy atom. The molecule has 0 saturated carbocycles. The molecule has 3 nitrogen and oxygen atoms in total. The first-order valence-electron chi connectivity index (χ1n) is 5.07. The van der Waals surface area contributed by atoms with Crippen LogP contribution in [0, 0.1) is 0 Å². The summed E-state index contributed by atoms with van der Waals surface area (Å²) in [5.74, 6) is 0. The number of benzene rings is 1. The first-order chi connectivity index (χ1) is 7.33. The Bertz CT molecular complexity index is 432. The van der Waals surface area contributed by atoms with Crippen LogP contribution in [0.3, 0.4) is 0 Å². The Labute approximate surface area is 88.7 Å². The third-order valence-electron chi connectivity index (χ3n) is 2.63. The second-order valence-electron chi connectivity index (χ2n) is 3.67. The molecule has 0 amide bonds. The van der Waals surface area contributed by atoms with Crippen LogP contribution in [0.1, 0.15) is 5.56 Å². The minimum atomic E-state index is 0.109. The van der Waals surface area contributed by atoms with Gasteiger partial charge in [0.2, 0.25) is 0 Å². The van der Waals surface area contributed by atoms with Crippen molar-refractivity contribution in [1.29, 1.82) is 0 Å². The van der Waals surface area contributed by atoms with Crippen molar-refractivity contribution in [1.82, 2.24) is 5.32 Å². The molecule has 0 fully saturated rings. The van der Waals surface area contributed by atoms with Crippen LogP contribution >= 0.6 is 0 Å². The van der Waals surface area contributed by atoms with Crippen LogP contribution in [0.5, 0.6) is 0 Å². The summed E-state index contributed by atoms with van der Waals surface area (Å²) in [6, 6.07) is 8.18. The van der Waals surface area contributed by atoms with Gasteiger partial charge in [0.25, 0.3) is 0 Å². The molecule has 2 aromatic rings. The highest BCUT2D eigenvalue weighted by atomic mass is 16.3. The number of hydrogen-bond donors (Lipinski definition) is 2. The fourth-order valence-corrected chi connectivity index (χ4v) is 1.67. The lowest BCUT2D eigenvalue weighted by atomic mass is 10.1. The number of fused-ring (bicyclic) bond motifs is 1. The summed E-state index contributed by atoms with van der Waals surface area (Å²) in [6.07, 6.45) is 2.50. The van der Waals surface area contributed by atoms with Crippen LogP contribution in [-0.2, 0) is 6.42 Å². The molecule has 0 aliphatic carbocycles. The normalized spacial score (nSPS) is 13.2. The Balaban J connectivity index is 2.20. The molecule has 3 heteroatoms. The summed E-state index contributed by atoms with van der Waals surface area (Å²) in [5.41, 5.74) is 2.08. The predicted octanol–water partition coefficient (Wildman–Crippen LogP) is 1.56. The van der Waals surface area contributed by atoms with Crippen LogP contribution in [0.2, 0.25) is 0 Å². The second-order valence-corrected chi connectivity index (χ2v) is 3.67. The summed E-state index contributed by atoms with van der Waals surface area (Å²) in [4.78, 5) is 0. The van der Waals surface area contributed by atoms with Gasteiger partial charge in [-0.3, -0.25) is 0 Å². The highest BCUT2D eigenvalue weighted by Crippen LogP contribution is 2.17. The van der Waals surface area contributed by atoms with Crippen LogP contribution in [0.25, 0.3) is 11.0 Å².